The minimum Gasteiger partial charge on any atom is -0.491 e. The van der Waals surface area contributed by atoms with Crippen LogP contribution in [-0.4, -0.2) is 41.3 Å². The lowest BCUT2D eigenvalue weighted by Gasteiger charge is -2.47. The van der Waals surface area contributed by atoms with Crippen LogP contribution in [0.1, 0.15) is 37.5 Å². The molecule has 4 rings (SSSR count). The molecule has 2 aromatic rings. The Morgan fingerprint density at radius 2 is 2.22 bits per heavy atom. The van der Waals surface area contributed by atoms with Gasteiger partial charge < -0.3 is 18.8 Å². The molecule has 0 radical (unpaired) electrons. The van der Waals surface area contributed by atoms with Crippen molar-refractivity contribution in [3.05, 3.63) is 41.1 Å². The molecule has 1 saturated heterocycles. The van der Waals surface area contributed by atoms with E-state index in [1.165, 1.54) is 0 Å². The number of hydrogen-bond acceptors (Lipinski definition) is 6. The average Bonchev–Trinajstić information content (AvgIpc) is 3.20. The number of benzene rings is 1. The fourth-order valence-corrected chi connectivity index (χ4v) is 4.33. The highest BCUT2D eigenvalue weighted by Gasteiger charge is 2.60. The van der Waals surface area contributed by atoms with Gasteiger partial charge in [0.15, 0.2) is 0 Å². The Balaban J connectivity index is 1.44. The normalized spacial score (nSPS) is 23.8. The molecule has 0 N–H and O–H groups in total. The number of aromatic nitrogens is 2. The van der Waals surface area contributed by atoms with Gasteiger partial charge in [0, 0.05) is 13.7 Å². The molecule has 1 amide bonds. The minimum atomic E-state index is -0.458. The van der Waals surface area contributed by atoms with Crippen LogP contribution in [0.2, 0.25) is 5.02 Å². The van der Waals surface area contributed by atoms with E-state index in [4.69, 9.17) is 25.5 Å². The van der Waals surface area contributed by atoms with Crippen LogP contribution in [0.25, 0.3) is 0 Å². The van der Waals surface area contributed by atoms with Crippen molar-refractivity contribution in [1.29, 1.82) is 0 Å². The highest BCUT2D eigenvalue weighted by atomic mass is 35.5. The molecule has 1 aliphatic heterocycles. The van der Waals surface area contributed by atoms with Crippen molar-refractivity contribution < 1.29 is 18.7 Å². The molecule has 1 saturated carbocycles. The van der Waals surface area contributed by atoms with E-state index in [0.29, 0.717) is 35.0 Å². The summed E-state index contributed by atoms with van der Waals surface area (Å²) in [5.41, 5.74) is -0.458. The Hall–Kier alpha value is -2.12. The van der Waals surface area contributed by atoms with Gasteiger partial charge >= 0.3 is 0 Å². The molecule has 0 spiro atoms. The van der Waals surface area contributed by atoms with Crippen LogP contribution < -0.4 is 4.74 Å². The smallest absolute Gasteiger partial charge is 0.242 e. The van der Waals surface area contributed by atoms with Crippen LogP contribution in [0.3, 0.4) is 0 Å². The fourth-order valence-electron chi connectivity index (χ4n) is 4.14. The highest BCUT2D eigenvalue weighted by molar-refractivity contribution is 6.32. The van der Waals surface area contributed by atoms with E-state index in [9.17, 15) is 4.79 Å². The van der Waals surface area contributed by atoms with Crippen LogP contribution in [0, 0.1) is 5.92 Å². The van der Waals surface area contributed by atoms with Crippen LogP contribution in [0.4, 0.5) is 0 Å². The third-order valence-corrected chi connectivity index (χ3v) is 5.86. The monoisotopic (exact) mass is 391 g/mol. The molecule has 1 aliphatic carbocycles. The van der Waals surface area contributed by atoms with Crippen LogP contribution in [0.15, 0.2) is 28.7 Å². The van der Waals surface area contributed by atoms with Crippen molar-refractivity contribution in [2.24, 2.45) is 5.92 Å². The molecule has 144 valence electrons. The van der Waals surface area contributed by atoms with E-state index in [1.807, 2.05) is 17.0 Å². The van der Waals surface area contributed by atoms with E-state index in [-0.39, 0.29) is 25.5 Å². The second kappa shape index (κ2) is 7.48. The lowest BCUT2D eigenvalue weighted by atomic mass is 9.67. The number of halogens is 1. The van der Waals surface area contributed by atoms with E-state index < -0.39 is 5.54 Å². The Bertz CT molecular complexity index is 827. The summed E-state index contributed by atoms with van der Waals surface area (Å²) in [6.07, 6.45) is 3.16. The maximum absolute atomic E-state index is 12.9. The SMILES string of the molecule is COCc1nnc([C@]23CC[C@H]2CCN3C(=O)CCOc2ccccc2Cl)o1. The van der Waals surface area contributed by atoms with Gasteiger partial charge in [0.05, 0.1) is 18.1 Å². The summed E-state index contributed by atoms with van der Waals surface area (Å²) in [6, 6.07) is 7.25. The van der Waals surface area contributed by atoms with E-state index >= 15 is 0 Å². The first-order valence-corrected chi connectivity index (χ1v) is 9.52. The van der Waals surface area contributed by atoms with Gasteiger partial charge in [0.1, 0.15) is 17.9 Å². The number of carbonyl (C=O) groups is 1. The molecular formula is C19H22ClN3O4. The fraction of sp³-hybridized carbons (Fsp3) is 0.526. The van der Waals surface area contributed by atoms with Gasteiger partial charge in [0.25, 0.3) is 0 Å². The summed E-state index contributed by atoms with van der Waals surface area (Å²) in [5.74, 6) is 1.97. The van der Waals surface area contributed by atoms with Crippen LogP contribution in [0.5, 0.6) is 5.75 Å². The van der Waals surface area contributed by atoms with Crippen LogP contribution >= 0.6 is 11.6 Å². The molecule has 1 aromatic heterocycles. The van der Waals surface area contributed by atoms with Gasteiger partial charge in [-0.3, -0.25) is 4.79 Å². The molecule has 2 aliphatic rings. The second-order valence-electron chi connectivity index (χ2n) is 6.96. The summed E-state index contributed by atoms with van der Waals surface area (Å²) in [4.78, 5) is 14.8. The number of rotatable bonds is 7. The third kappa shape index (κ3) is 3.19. The van der Waals surface area contributed by atoms with Crippen molar-refractivity contribution >= 4 is 17.5 Å². The zero-order chi connectivity index (χ0) is 18.9. The molecule has 0 bridgehead atoms. The van der Waals surface area contributed by atoms with Gasteiger partial charge in [-0.1, -0.05) is 23.7 Å². The maximum atomic E-state index is 12.9. The number of amides is 1. The molecule has 27 heavy (non-hydrogen) atoms. The number of methoxy groups -OCH3 is 1. The first kappa shape index (κ1) is 18.3. The predicted octanol–water partition coefficient (Wildman–Crippen LogP) is 3.18. The second-order valence-corrected chi connectivity index (χ2v) is 7.36. The lowest BCUT2D eigenvalue weighted by molar-refractivity contribution is -0.143. The van der Waals surface area contributed by atoms with E-state index in [0.717, 1.165) is 19.3 Å². The Morgan fingerprint density at radius 1 is 1.37 bits per heavy atom. The number of fused-ring (bicyclic) bond motifs is 1. The number of hydrogen-bond donors (Lipinski definition) is 0. The molecule has 0 unspecified atom stereocenters. The number of nitrogens with zero attached hydrogens (tertiary/aromatic N) is 3. The van der Waals surface area contributed by atoms with E-state index in [2.05, 4.69) is 10.2 Å². The Kier molecular flexibility index (Phi) is 5.06. The number of ether oxygens (including phenoxy) is 2. The molecular weight excluding hydrogens is 370 g/mol. The predicted molar refractivity (Wildman–Crippen MR) is 97.3 cm³/mol. The van der Waals surface area contributed by atoms with Gasteiger partial charge in [0.2, 0.25) is 17.7 Å². The molecule has 2 atom stereocenters. The minimum absolute atomic E-state index is 0.0377. The first-order valence-electron chi connectivity index (χ1n) is 9.14. The molecule has 1 aromatic carbocycles. The third-order valence-electron chi connectivity index (χ3n) is 5.55. The van der Waals surface area contributed by atoms with Crippen molar-refractivity contribution in [2.75, 3.05) is 20.3 Å². The zero-order valence-electron chi connectivity index (χ0n) is 15.2. The number of carbonyl (C=O) groups excluding carboxylic acids is 1. The van der Waals surface area contributed by atoms with Crippen molar-refractivity contribution in [3.8, 4) is 5.75 Å². The summed E-state index contributed by atoms with van der Waals surface area (Å²) in [7, 11) is 1.58. The summed E-state index contributed by atoms with van der Waals surface area (Å²) in [5, 5.41) is 8.81. The van der Waals surface area contributed by atoms with Crippen molar-refractivity contribution in [2.45, 2.75) is 37.8 Å². The van der Waals surface area contributed by atoms with Crippen LogP contribution in [-0.2, 0) is 21.7 Å². The standard InChI is InChI=1S/C19H22ClN3O4/c1-25-12-16-21-22-18(27-16)19-9-6-13(19)7-10-23(19)17(24)8-11-26-15-5-3-2-4-14(15)20/h2-5,13H,6-12H2,1H3/t13-,19-/m0/s1. The van der Waals surface area contributed by atoms with Gasteiger partial charge in [-0.2, -0.15) is 0 Å². The topological polar surface area (TPSA) is 77.7 Å². The molecule has 7 nitrogen and oxygen atoms in total. The average molecular weight is 392 g/mol. The number of likely N-dealkylation sites (tertiary alicyclic amines) is 1. The number of para-hydroxylation sites is 1. The Labute approximate surface area is 162 Å². The summed E-state index contributed by atoms with van der Waals surface area (Å²) >= 11 is 6.09. The largest absolute Gasteiger partial charge is 0.491 e. The quantitative estimate of drug-likeness (QED) is 0.721. The summed E-state index contributed by atoms with van der Waals surface area (Å²) < 4.78 is 16.5. The molecule has 8 heteroatoms. The molecule has 2 heterocycles. The van der Waals surface area contributed by atoms with Gasteiger partial charge in [-0.15, -0.1) is 10.2 Å². The lowest BCUT2D eigenvalue weighted by Crippen LogP contribution is -2.54. The van der Waals surface area contributed by atoms with Crippen molar-refractivity contribution in [3.63, 3.8) is 0 Å². The maximum Gasteiger partial charge on any atom is 0.242 e. The Morgan fingerprint density at radius 3 is 2.96 bits per heavy atom. The zero-order valence-corrected chi connectivity index (χ0v) is 15.9. The van der Waals surface area contributed by atoms with E-state index in [1.54, 1.807) is 19.2 Å². The molecule has 2 fully saturated rings. The highest BCUT2D eigenvalue weighted by Crippen LogP contribution is 2.56. The van der Waals surface area contributed by atoms with Gasteiger partial charge in [-0.05, 0) is 37.3 Å². The van der Waals surface area contributed by atoms with Gasteiger partial charge in [-0.25, -0.2) is 0 Å². The summed E-state index contributed by atoms with van der Waals surface area (Å²) in [6.45, 7) is 1.25. The van der Waals surface area contributed by atoms with Crippen molar-refractivity contribution in [1.82, 2.24) is 15.1 Å². The first-order chi connectivity index (χ1) is 13.1.